The number of hydrogen-bond donors (Lipinski definition) is 3. The van der Waals surface area contributed by atoms with Crippen molar-refractivity contribution in [2.75, 3.05) is 12.3 Å². The van der Waals surface area contributed by atoms with E-state index in [2.05, 4.69) is 4.98 Å². The molecule has 5 N–H and O–H groups in total. The number of nitrogens with two attached hydrogens (primary N) is 2. The fourth-order valence-electron chi connectivity index (χ4n) is 0.842. The van der Waals surface area contributed by atoms with Gasteiger partial charge in [0.2, 0.25) is 0 Å². The van der Waals surface area contributed by atoms with E-state index in [4.69, 9.17) is 16.2 Å². The van der Waals surface area contributed by atoms with Gasteiger partial charge in [0.1, 0.15) is 0 Å². The van der Waals surface area contributed by atoms with Crippen molar-refractivity contribution in [3.8, 4) is 5.75 Å². The van der Waals surface area contributed by atoms with Gasteiger partial charge in [0.05, 0.1) is 0 Å². The average Bonchev–Trinajstić information content (AvgIpc) is 2.15. The smallest absolute Gasteiger partial charge is 0.318 e. The Morgan fingerprint density at radius 3 is 2.87 bits per heavy atom. The van der Waals surface area contributed by atoms with Gasteiger partial charge in [0.15, 0.2) is 18.2 Å². The lowest BCUT2D eigenvalue weighted by atomic mass is 10.4. The molecule has 15 heavy (non-hydrogen) atoms. The summed E-state index contributed by atoms with van der Waals surface area (Å²) in [6.07, 6.45) is 1.49. The molecule has 7 nitrogen and oxygen atoms in total. The molecule has 0 aliphatic rings. The summed E-state index contributed by atoms with van der Waals surface area (Å²) < 4.78 is 4.99. The van der Waals surface area contributed by atoms with E-state index in [1.807, 2.05) is 5.32 Å². The van der Waals surface area contributed by atoms with Crippen molar-refractivity contribution in [1.29, 1.82) is 0 Å². The number of nitrogens with zero attached hydrogens (tertiary/aromatic N) is 1. The Morgan fingerprint density at radius 1 is 1.53 bits per heavy atom. The monoisotopic (exact) mass is 210 g/mol. The molecule has 0 spiro atoms. The van der Waals surface area contributed by atoms with Gasteiger partial charge in [-0.25, -0.2) is 9.78 Å². The van der Waals surface area contributed by atoms with E-state index in [1.165, 1.54) is 6.20 Å². The second-order valence-electron chi connectivity index (χ2n) is 2.59. The number of ether oxygens (including phenoxy) is 1. The van der Waals surface area contributed by atoms with E-state index in [-0.39, 0.29) is 18.2 Å². The van der Waals surface area contributed by atoms with E-state index in [0.717, 1.165) is 0 Å². The Morgan fingerprint density at radius 2 is 2.27 bits per heavy atom. The highest BCUT2D eigenvalue weighted by Gasteiger charge is 2.06. The molecule has 1 rings (SSSR count). The van der Waals surface area contributed by atoms with Crippen LogP contribution in [-0.2, 0) is 4.79 Å². The number of nitrogen functional groups attached to an aromatic ring is 1. The van der Waals surface area contributed by atoms with Crippen molar-refractivity contribution in [3.05, 3.63) is 18.3 Å². The number of aromatic nitrogens is 1. The number of anilines is 1. The molecule has 0 aliphatic carbocycles. The Bertz CT molecular complexity index is 380. The second kappa shape index (κ2) is 4.80. The molecule has 0 aromatic carbocycles. The van der Waals surface area contributed by atoms with Crippen LogP contribution in [-0.4, -0.2) is 23.5 Å². The fraction of sp³-hybridized carbons (Fsp3) is 0.125. The van der Waals surface area contributed by atoms with Crippen LogP contribution < -0.4 is 21.5 Å². The molecule has 1 aromatic rings. The number of carbonyl (C=O) groups excluding carboxylic acids is 2. The van der Waals surface area contributed by atoms with Gasteiger partial charge in [0, 0.05) is 6.20 Å². The molecule has 7 heteroatoms. The summed E-state index contributed by atoms with van der Waals surface area (Å²) in [5, 5.41) is 1.85. The zero-order chi connectivity index (χ0) is 11.3. The van der Waals surface area contributed by atoms with Crippen molar-refractivity contribution in [2.45, 2.75) is 0 Å². The molecular weight excluding hydrogens is 200 g/mol. The highest BCUT2D eigenvalue weighted by molar-refractivity contribution is 5.94. The summed E-state index contributed by atoms with van der Waals surface area (Å²) in [5.74, 6) is -0.202. The molecule has 0 fully saturated rings. The minimum Gasteiger partial charge on any atom is -0.480 e. The lowest BCUT2D eigenvalue weighted by molar-refractivity contribution is -0.121. The first-order valence-electron chi connectivity index (χ1n) is 4.02. The lowest BCUT2D eigenvalue weighted by Gasteiger charge is -2.06. The Balaban J connectivity index is 2.47. The molecule has 0 saturated heterocycles. The summed E-state index contributed by atoms with van der Waals surface area (Å²) in [7, 11) is 0. The van der Waals surface area contributed by atoms with Crippen LogP contribution in [0.3, 0.4) is 0 Å². The fourth-order valence-corrected chi connectivity index (χ4v) is 0.842. The maximum Gasteiger partial charge on any atom is 0.318 e. The summed E-state index contributed by atoms with van der Waals surface area (Å²) >= 11 is 0. The number of amides is 3. The number of urea groups is 1. The van der Waals surface area contributed by atoms with Crippen LogP contribution >= 0.6 is 0 Å². The van der Waals surface area contributed by atoms with Gasteiger partial charge in [-0.1, -0.05) is 0 Å². The SMILES string of the molecule is NC(=O)NC(=O)COc1cccnc1N. The van der Waals surface area contributed by atoms with Crippen molar-refractivity contribution < 1.29 is 14.3 Å². The van der Waals surface area contributed by atoms with E-state index in [0.29, 0.717) is 0 Å². The number of hydrogen-bond acceptors (Lipinski definition) is 5. The summed E-state index contributed by atoms with van der Waals surface area (Å²) in [6.45, 7) is -0.348. The summed E-state index contributed by atoms with van der Waals surface area (Å²) in [4.78, 5) is 25.0. The van der Waals surface area contributed by atoms with Crippen LogP contribution in [0.2, 0.25) is 0 Å². The average molecular weight is 210 g/mol. The molecule has 0 atom stereocenters. The molecule has 0 bridgehead atoms. The molecule has 80 valence electrons. The molecule has 0 aliphatic heterocycles. The molecule has 0 saturated carbocycles. The zero-order valence-corrected chi connectivity index (χ0v) is 7.77. The van der Waals surface area contributed by atoms with Crippen LogP contribution in [0, 0.1) is 0 Å². The number of nitrogens with one attached hydrogen (secondary N) is 1. The Hall–Kier alpha value is -2.31. The van der Waals surface area contributed by atoms with Crippen LogP contribution in [0.4, 0.5) is 10.6 Å². The lowest BCUT2D eigenvalue weighted by Crippen LogP contribution is -2.38. The zero-order valence-electron chi connectivity index (χ0n) is 7.77. The van der Waals surface area contributed by atoms with Gasteiger partial charge in [-0.3, -0.25) is 10.1 Å². The third-order valence-electron chi connectivity index (χ3n) is 1.42. The highest BCUT2D eigenvalue weighted by atomic mass is 16.5. The molecular formula is C8H10N4O3. The molecule has 1 heterocycles. The Kier molecular flexibility index (Phi) is 3.44. The predicted octanol–water partition coefficient (Wildman–Crippen LogP) is -0.763. The predicted molar refractivity (Wildman–Crippen MR) is 51.9 cm³/mol. The van der Waals surface area contributed by atoms with Gasteiger partial charge in [-0.2, -0.15) is 0 Å². The van der Waals surface area contributed by atoms with Crippen LogP contribution in [0.1, 0.15) is 0 Å². The van der Waals surface area contributed by atoms with Crippen LogP contribution in [0.25, 0.3) is 0 Å². The van der Waals surface area contributed by atoms with Crippen LogP contribution in [0.15, 0.2) is 18.3 Å². The van der Waals surface area contributed by atoms with E-state index in [1.54, 1.807) is 12.1 Å². The van der Waals surface area contributed by atoms with Gasteiger partial charge in [-0.15, -0.1) is 0 Å². The largest absolute Gasteiger partial charge is 0.480 e. The number of carbonyl (C=O) groups is 2. The third kappa shape index (κ3) is 3.51. The number of primary amides is 1. The van der Waals surface area contributed by atoms with Crippen molar-refractivity contribution in [2.24, 2.45) is 5.73 Å². The normalized spacial score (nSPS) is 9.33. The number of imide groups is 1. The molecule has 1 aromatic heterocycles. The van der Waals surface area contributed by atoms with Crippen molar-refractivity contribution in [1.82, 2.24) is 10.3 Å². The number of rotatable bonds is 3. The van der Waals surface area contributed by atoms with E-state index >= 15 is 0 Å². The minimum absolute atomic E-state index is 0.171. The van der Waals surface area contributed by atoms with Crippen molar-refractivity contribution in [3.63, 3.8) is 0 Å². The summed E-state index contributed by atoms with van der Waals surface area (Å²) in [6, 6.07) is 2.24. The van der Waals surface area contributed by atoms with Crippen molar-refractivity contribution >= 4 is 17.8 Å². The number of pyridine rings is 1. The molecule has 0 unspecified atom stereocenters. The standard InChI is InChI=1S/C8H10N4O3/c9-7-5(2-1-3-11-7)15-4-6(13)12-8(10)14/h1-3H,4H2,(H2,9,11)(H3,10,12,13,14). The topological polar surface area (TPSA) is 120 Å². The van der Waals surface area contributed by atoms with Crippen LogP contribution in [0.5, 0.6) is 5.75 Å². The third-order valence-corrected chi connectivity index (χ3v) is 1.42. The molecule has 0 radical (unpaired) electrons. The summed E-state index contributed by atoms with van der Waals surface area (Å²) in [5.41, 5.74) is 10.2. The van der Waals surface area contributed by atoms with Gasteiger partial charge >= 0.3 is 6.03 Å². The quantitative estimate of drug-likeness (QED) is 0.605. The van der Waals surface area contributed by atoms with E-state index < -0.39 is 11.9 Å². The first kappa shape index (κ1) is 10.8. The first-order valence-corrected chi connectivity index (χ1v) is 4.02. The van der Waals surface area contributed by atoms with E-state index in [9.17, 15) is 9.59 Å². The van der Waals surface area contributed by atoms with Gasteiger partial charge < -0.3 is 16.2 Å². The first-order chi connectivity index (χ1) is 7.09. The minimum atomic E-state index is -0.928. The van der Waals surface area contributed by atoms with Gasteiger partial charge in [0.25, 0.3) is 5.91 Å². The maximum atomic E-state index is 10.9. The molecule has 3 amide bonds. The maximum absolute atomic E-state index is 10.9. The van der Waals surface area contributed by atoms with Gasteiger partial charge in [-0.05, 0) is 12.1 Å². The second-order valence-corrected chi connectivity index (χ2v) is 2.59. The Labute approximate surface area is 85.4 Å². The highest BCUT2D eigenvalue weighted by Crippen LogP contribution is 2.16.